The van der Waals surface area contributed by atoms with Gasteiger partial charge in [0.15, 0.2) is 0 Å². The molecule has 1 aliphatic heterocycles. The Morgan fingerprint density at radius 1 is 1.22 bits per heavy atom. The van der Waals surface area contributed by atoms with Gasteiger partial charge in [0, 0.05) is 5.92 Å². The van der Waals surface area contributed by atoms with Crippen molar-refractivity contribution in [3.8, 4) is 0 Å². The first-order valence-electron chi connectivity index (χ1n) is 7.98. The molecule has 0 amide bonds. The highest BCUT2D eigenvalue weighted by Gasteiger charge is 2.46. The van der Waals surface area contributed by atoms with Crippen LogP contribution in [0, 0.1) is 23.2 Å². The van der Waals surface area contributed by atoms with Gasteiger partial charge in [0.1, 0.15) is 0 Å². The van der Waals surface area contributed by atoms with Gasteiger partial charge in [-0.15, -0.1) is 0 Å². The summed E-state index contributed by atoms with van der Waals surface area (Å²) < 4.78 is 6.04. The molecule has 2 aliphatic carbocycles. The van der Waals surface area contributed by atoms with Crippen molar-refractivity contribution in [2.75, 3.05) is 6.61 Å². The molecular weight excluding hydrogens is 220 g/mol. The van der Waals surface area contributed by atoms with Crippen LogP contribution in [-0.2, 0) is 4.74 Å². The maximum Gasteiger partial charge on any atom is 0.0986 e. The molecule has 1 saturated carbocycles. The van der Waals surface area contributed by atoms with Crippen molar-refractivity contribution in [1.29, 1.82) is 0 Å². The van der Waals surface area contributed by atoms with E-state index in [0.717, 1.165) is 24.4 Å². The highest BCUT2D eigenvalue weighted by Crippen LogP contribution is 2.54. The highest BCUT2D eigenvalue weighted by atomic mass is 16.5. The number of allylic oxidation sites excluding steroid dienone is 2. The highest BCUT2D eigenvalue weighted by molar-refractivity contribution is 5.18. The van der Waals surface area contributed by atoms with Gasteiger partial charge in [-0.2, -0.15) is 0 Å². The summed E-state index contributed by atoms with van der Waals surface area (Å²) in [7, 11) is 0. The fourth-order valence-electron chi connectivity index (χ4n) is 4.96. The lowest BCUT2D eigenvalue weighted by molar-refractivity contribution is 0.0455. The predicted molar refractivity (Wildman–Crippen MR) is 75.2 cm³/mol. The fraction of sp³-hybridized carbons (Fsp3) is 0.882. The molecule has 1 heterocycles. The summed E-state index contributed by atoms with van der Waals surface area (Å²) in [5.74, 6) is 4.04. The van der Waals surface area contributed by atoms with Gasteiger partial charge in [-0.05, 0) is 61.3 Å². The molecule has 1 saturated heterocycles. The van der Waals surface area contributed by atoms with E-state index in [1.807, 2.05) is 0 Å². The average Bonchev–Trinajstić information content (AvgIpc) is 2.74. The molecular formula is C17H28O. The average molecular weight is 248 g/mol. The Labute approximate surface area is 112 Å². The largest absolute Gasteiger partial charge is 0.498 e. The zero-order valence-electron chi connectivity index (χ0n) is 12.3. The Kier molecular flexibility index (Phi) is 3.20. The second-order valence-corrected chi connectivity index (χ2v) is 7.25. The molecule has 2 fully saturated rings. The first-order valence-corrected chi connectivity index (χ1v) is 7.98. The fourth-order valence-corrected chi connectivity index (χ4v) is 4.96. The van der Waals surface area contributed by atoms with Crippen molar-refractivity contribution < 1.29 is 4.74 Å². The molecule has 0 aromatic heterocycles. The quantitative estimate of drug-likeness (QED) is 0.639. The molecule has 0 N–H and O–H groups in total. The SMILES string of the molecule is CCC1=C2OCC[C@H]2C2CCCC(C)(C)[C@H]2CC1. The van der Waals surface area contributed by atoms with Crippen molar-refractivity contribution in [3.05, 3.63) is 11.3 Å². The number of hydrogen-bond donors (Lipinski definition) is 0. The Bertz CT molecular complexity index is 353. The molecule has 1 unspecified atom stereocenters. The van der Waals surface area contributed by atoms with Crippen molar-refractivity contribution in [2.45, 2.75) is 65.7 Å². The third-order valence-electron chi connectivity index (χ3n) is 5.95. The molecule has 3 atom stereocenters. The second-order valence-electron chi connectivity index (χ2n) is 7.25. The van der Waals surface area contributed by atoms with Crippen LogP contribution in [0.4, 0.5) is 0 Å². The maximum absolute atomic E-state index is 6.04. The molecule has 0 aromatic rings. The summed E-state index contributed by atoms with van der Waals surface area (Å²) in [6.45, 7) is 8.31. The Morgan fingerprint density at radius 2 is 2.06 bits per heavy atom. The monoisotopic (exact) mass is 248 g/mol. The molecule has 18 heavy (non-hydrogen) atoms. The van der Waals surface area contributed by atoms with Gasteiger partial charge in [0.2, 0.25) is 0 Å². The van der Waals surface area contributed by atoms with Crippen LogP contribution in [0.1, 0.15) is 65.7 Å². The van der Waals surface area contributed by atoms with Crippen LogP contribution in [0.5, 0.6) is 0 Å². The number of rotatable bonds is 1. The van der Waals surface area contributed by atoms with Crippen molar-refractivity contribution >= 4 is 0 Å². The molecule has 0 radical (unpaired) electrons. The number of fused-ring (bicyclic) bond motifs is 3. The zero-order chi connectivity index (χ0) is 12.8. The lowest BCUT2D eigenvalue weighted by Crippen LogP contribution is -2.37. The van der Waals surface area contributed by atoms with Gasteiger partial charge in [0.05, 0.1) is 12.4 Å². The van der Waals surface area contributed by atoms with E-state index in [1.165, 1.54) is 50.7 Å². The van der Waals surface area contributed by atoms with Crippen LogP contribution in [0.3, 0.4) is 0 Å². The molecule has 1 heteroatoms. The van der Waals surface area contributed by atoms with Gasteiger partial charge < -0.3 is 4.74 Å². The smallest absolute Gasteiger partial charge is 0.0986 e. The van der Waals surface area contributed by atoms with Crippen LogP contribution < -0.4 is 0 Å². The summed E-state index contributed by atoms with van der Waals surface area (Å²) in [6, 6.07) is 0. The first kappa shape index (κ1) is 12.6. The maximum atomic E-state index is 6.04. The predicted octanol–water partition coefficient (Wildman–Crippen LogP) is 4.92. The van der Waals surface area contributed by atoms with Gasteiger partial charge >= 0.3 is 0 Å². The van der Waals surface area contributed by atoms with E-state index in [1.54, 1.807) is 5.57 Å². The van der Waals surface area contributed by atoms with Gasteiger partial charge in [0.25, 0.3) is 0 Å². The normalized spacial score (nSPS) is 38.7. The minimum absolute atomic E-state index is 0.555. The van der Waals surface area contributed by atoms with Crippen LogP contribution in [0.25, 0.3) is 0 Å². The van der Waals surface area contributed by atoms with Crippen LogP contribution in [-0.4, -0.2) is 6.61 Å². The van der Waals surface area contributed by atoms with Crippen LogP contribution in [0.15, 0.2) is 11.3 Å². The Morgan fingerprint density at radius 3 is 2.83 bits per heavy atom. The first-order chi connectivity index (χ1) is 8.63. The lowest BCUT2D eigenvalue weighted by Gasteiger charge is -2.45. The van der Waals surface area contributed by atoms with E-state index in [0.29, 0.717) is 5.41 Å². The van der Waals surface area contributed by atoms with E-state index in [2.05, 4.69) is 20.8 Å². The van der Waals surface area contributed by atoms with E-state index in [9.17, 15) is 0 Å². The van der Waals surface area contributed by atoms with E-state index in [-0.39, 0.29) is 0 Å². The third kappa shape index (κ3) is 1.90. The van der Waals surface area contributed by atoms with Crippen LogP contribution >= 0.6 is 0 Å². The Balaban J connectivity index is 1.94. The van der Waals surface area contributed by atoms with Gasteiger partial charge in [-0.25, -0.2) is 0 Å². The van der Waals surface area contributed by atoms with Crippen molar-refractivity contribution in [2.24, 2.45) is 23.2 Å². The summed E-state index contributed by atoms with van der Waals surface area (Å²) in [4.78, 5) is 0. The molecule has 102 valence electrons. The summed E-state index contributed by atoms with van der Waals surface area (Å²) in [5, 5.41) is 0. The summed E-state index contributed by atoms with van der Waals surface area (Å²) >= 11 is 0. The molecule has 1 nitrogen and oxygen atoms in total. The molecule has 0 spiro atoms. The third-order valence-corrected chi connectivity index (χ3v) is 5.95. The van der Waals surface area contributed by atoms with Crippen LogP contribution in [0.2, 0.25) is 0 Å². The minimum Gasteiger partial charge on any atom is -0.498 e. The second kappa shape index (κ2) is 4.58. The van der Waals surface area contributed by atoms with Crippen molar-refractivity contribution in [1.82, 2.24) is 0 Å². The summed E-state index contributed by atoms with van der Waals surface area (Å²) in [5.41, 5.74) is 2.20. The van der Waals surface area contributed by atoms with Gasteiger partial charge in [-0.3, -0.25) is 0 Å². The standard InChI is InChI=1S/C17H28O/c1-4-12-7-8-15-13(6-5-10-17(15,2)3)14-9-11-18-16(12)14/h13-15H,4-11H2,1-3H3/t13?,14-,15-/m0/s1. The lowest BCUT2D eigenvalue weighted by atomic mass is 9.59. The van der Waals surface area contributed by atoms with E-state index in [4.69, 9.17) is 4.74 Å². The van der Waals surface area contributed by atoms with E-state index < -0.39 is 0 Å². The topological polar surface area (TPSA) is 9.23 Å². The molecule has 3 aliphatic rings. The zero-order valence-corrected chi connectivity index (χ0v) is 12.3. The minimum atomic E-state index is 0.555. The molecule has 3 rings (SSSR count). The van der Waals surface area contributed by atoms with Gasteiger partial charge in [-0.1, -0.05) is 27.2 Å². The molecule has 0 aromatic carbocycles. The van der Waals surface area contributed by atoms with Crippen molar-refractivity contribution in [3.63, 3.8) is 0 Å². The molecule has 0 bridgehead atoms. The van der Waals surface area contributed by atoms with E-state index >= 15 is 0 Å². The Hall–Kier alpha value is -0.460. The number of ether oxygens (including phenoxy) is 1. The number of hydrogen-bond acceptors (Lipinski definition) is 1. The summed E-state index contributed by atoms with van der Waals surface area (Å²) in [6.07, 6.45) is 9.50.